The zero-order chi connectivity index (χ0) is 23.9. The van der Waals surface area contributed by atoms with Crippen molar-refractivity contribution < 1.29 is 17.6 Å². The van der Waals surface area contributed by atoms with Gasteiger partial charge in [0, 0.05) is 22.1 Å². The van der Waals surface area contributed by atoms with Crippen LogP contribution in [0.1, 0.15) is 25.3 Å². The van der Waals surface area contributed by atoms with Gasteiger partial charge in [-0.2, -0.15) is 4.98 Å². The quantitative estimate of drug-likeness (QED) is 0.223. The van der Waals surface area contributed by atoms with E-state index in [1.165, 1.54) is 12.1 Å². The van der Waals surface area contributed by atoms with Gasteiger partial charge in [-0.3, -0.25) is 15.4 Å². The van der Waals surface area contributed by atoms with Crippen LogP contribution in [0.5, 0.6) is 0 Å². The highest BCUT2D eigenvalue weighted by Crippen LogP contribution is 2.44. The van der Waals surface area contributed by atoms with Gasteiger partial charge in [0.15, 0.2) is 0 Å². The molecule has 0 atom stereocenters. The lowest BCUT2D eigenvalue weighted by atomic mass is 10.1. The van der Waals surface area contributed by atoms with Crippen LogP contribution in [0, 0.1) is 39.7 Å². The summed E-state index contributed by atoms with van der Waals surface area (Å²) in [6.45, 7) is 1.08. The summed E-state index contributed by atoms with van der Waals surface area (Å²) < 4.78 is 56.9. The van der Waals surface area contributed by atoms with E-state index in [0.717, 1.165) is 46.8 Å². The normalized spacial score (nSPS) is 14.2. The van der Waals surface area contributed by atoms with E-state index in [1.54, 1.807) is 0 Å². The molecule has 1 fully saturated rings. The third-order valence-electron chi connectivity index (χ3n) is 5.36. The van der Waals surface area contributed by atoms with E-state index in [1.807, 2.05) is 6.92 Å². The Hall–Kier alpha value is -3.38. The first kappa shape index (κ1) is 22.8. The molecule has 1 saturated carbocycles. The van der Waals surface area contributed by atoms with E-state index in [2.05, 4.69) is 16.8 Å². The van der Waals surface area contributed by atoms with Crippen LogP contribution >= 0.6 is 11.6 Å². The molecule has 1 aromatic heterocycles. The molecule has 3 aromatic rings. The number of nitrogens with one attached hydrogen (secondary N) is 2. The number of rotatable bonds is 5. The molecule has 4 rings (SSSR count). The summed E-state index contributed by atoms with van der Waals surface area (Å²) in [5, 5.41) is 15.6. The number of alkyl halides is 2. The topological polar surface area (TPSA) is 68.8 Å². The lowest BCUT2D eigenvalue weighted by Crippen LogP contribution is -2.31. The Morgan fingerprint density at radius 1 is 1.21 bits per heavy atom. The maximum absolute atomic E-state index is 14.5. The lowest BCUT2D eigenvalue weighted by Gasteiger charge is -2.26. The van der Waals surface area contributed by atoms with Crippen molar-refractivity contribution in [2.45, 2.75) is 26.2 Å². The first-order valence-electron chi connectivity index (χ1n) is 9.96. The second kappa shape index (κ2) is 8.52. The number of hydrogen-bond donors (Lipinski definition) is 2. The van der Waals surface area contributed by atoms with Crippen LogP contribution in [0.2, 0.25) is 5.02 Å². The van der Waals surface area contributed by atoms with Gasteiger partial charge in [0.2, 0.25) is 5.62 Å². The molecule has 0 radical (unpaired) electrons. The first-order valence-corrected chi connectivity index (χ1v) is 10.3. The standard InChI is InChI=1S/C23H18ClF4N5/c1-23(4-5-23)3-2-13-6-14(25)8-16(7-13)32(11-19(27)28)21-17-9-15(26)10-18(24)20(17)33(12-29)22(30)31-21/h6-10,12,19,29-30H,4-5,11H2,1H3. The maximum Gasteiger partial charge on any atom is 0.256 e. The van der Waals surface area contributed by atoms with Gasteiger partial charge in [0.05, 0.1) is 23.4 Å². The van der Waals surface area contributed by atoms with E-state index >= 15 is 0 Å². The zero-order valence-electron chi connectivity index (χ0n) is 17.4. The first-order chi connectivity index (χ1) is 15.6. The Labute approximate surface area is 191 Å². The lowest BCUT2D eigenvalue weighted by molar-refractivity contribution is 0.157. The van der Waals surface area contributed by atoms with E-state index in [4.69, 9.17) is 22.4 Å². The van der Waals surface area contributed by atoms with Gasteiger partial charge < -0.3 is 4.90 Å². The molecular weight excluding hydrogens is 458 g/mol. The SMILES string of the molecule is CC1(C#Cc2cc(F)cc(N(CC(F)F)c3nc(=N)n(C=N)c4c(Cl)cc(F)cc34)c2)CC1. The van der Waals surface area contributed by atoms with Crippen molar-refractivity contribution in [3.8, 4) is 11.8 Å². The summed E-state index contributed by atoms with van der Waals surface area (Å²) in [6.07, 6.45) is -0.230. The third-order valence-corrected chi connectivity index (χ3v) is 5.65. The van der Waals surface area contributed by atoms with Crippen LogP contribution in [0.15, 0.2) is 30.3 Å². The largest absolute Gasteiger partial charge is 0.320 e. The maximum atomic E-state index is 14.5. The molecule has 2 aromatic carbocycles. The summed E-state index contributed by atoms with van der Waals surface area (Å²) in [7, 11) is 0. The van der Waals surface area contributed by atoms with Crippen LogP contribution in [0.25, 0.3) is 10.9 Å². The fourth-order valence-corrected chi connectivity index (χ4v) is 3.72. The van der Waals surface area contributed by atoms with Gasteiger partial charge in [0.1, 0.15) is 17.5 Å². The summed E-state index contributed by atoms with van der Waals surface area (Å²) >= 11 is 6.17. The molecule has 1 heterocycles. The molecule has 1 aliphatic carbocycles. The van der Waals surface area contributed by atoms with Crippen molar-refractivity contribution in [2.24, 2.45) is 5.41 Å². The van der Waals surface area contributed by atoms with Crippen molar-refractivity contribution >= 4 is 40.3 Å². The Morgan fingerprint density at radius 3 is 2.55 bits per heavy atom. The van der Waals surface area contributed by atoms with E-state index in [9.17, 15) is 17.6 Å². The van der Waals surface area contributed by atoms with E-state index in [-0.39, 0.29) is 32.8 Å². The minimum atomic E-state index is -2.86. The van der Waals surface area contributed by atoms with E-state index in [0.29, 0.717) is 5.56 Å². The highest BCUT2D eigenvalue weighted by Gasteiger charge is 2.35. The number of fused-ring (bicyclic) bond motifs is 1. The molecule has 0 bridgehead atoms. The van der Waals surface area contributed by atoms with Crippen LogP contribution in [0.3, 0.4) is 0 Å². The second-order valence-electron chi connectivity index (χ2n) is 8.05. The van der Waals surface area contributed by atoms with Crippen molar-refractivity contribution in [3.05, 3.63) is 58.2 Å². The van der Waals surface area contributed by atoms with E-state index < -0.39 is 30.2 Å². The van der Waals surface area contributed by atoms with Gasteiger partial charge in [-0.05, 0) is 50.1 Å². The number of hydrogen-bond acceptors (Lipinski definition) is 4. The molecule has 0 saturated heterocycles. The molecule has 0 amide bonds. The van der Waals surface area contributed by atoms with Gasteiger partial charge >= 0.3 is 0 Å². The third kappa shape index (κ3) is 4.71. The van der Waals surface area contributed by atoms with Crippen LogP contribution in [-0.2, 0) is 0 Å². The van der Waals surface area contributed by atoms with Crippen molar-refractivity contribution in [2.75, 3.05) is 11.4 Å². The Kier molecular flexibility index (Phi) is 5.89. The number of benzene rings is 2. The average molecular weight is 476 g/mol. The second-order valence-corrected chi connectivity index (χ2v) is 8.46. The smallest absolute Gasteiger partial charge is 0.256 e. The van der Waals surface area contributed by atoms with Crippen molar-refractivity contribution in [3.63, 3.8) is 0 Å². The van der Waals surface area contributed by atoms with Gasteiger partial charge in [-0.1, -0.05) is 23.4 Å². The number of nitrogens with zero attached hydrogens (tertiary/aromatic N) is 3. The van der Waals surface area contributed by atoms with Crippen LogP contribution < -0.4 is 10.5 Å². The molecule has 170 valence electrons. The Bertz CT molecular complexity index is 1390. The molecule has 33 heavy (non-hydrogen) atoms. The molecular formula is C23H18ClF4N5. The Balaban J connectivity index is 1.96. The highest BCUT2D eigenvalue weighted by molar-refractivity contribution is 6.35. The molecule has 2 N–H and O–H groups in total. The average Bonchev–Trinajstić information content (AvgIpc) is 3.47. The molecule has 0 aliphatic heterocycles. The number of halogens is 5. The highest BCUT2D eigenvalue weighted by atomic mass is 35.5. The number of anilines is 2. The van der Waals surface area contributed by atoms with Crippen LogP contribution in [0.4, 0.5) is 29.1 Å². The molecule has 1 aliphatic rings. The molecule has 0 unspecified atom stereocenters. The predicted molar refractivity (Wildman–Crippen MR) is 118 cm³/mol. The molecule has 0 spiro atoms. The minimum absolute atomic E-state index is 0.0115. The van der Waals surface area contributed by atoms with Gasteiger partial charge in [-0.25, -0.2) is 17.6 Å². The summed E-state index contributed by atoms with van der Waals surface area (Å²) in [4.78, 5) is 5.03. The van der Waals surface area contributed by atoms with Gasteiger partial charge in [-0.15, -0.1) is 0 Å². The minimum Gasteiger partial charge on any atom is -0.320 e. The summed E-state index contributed by atoms with van der Waals surface area (Å²) in [6, 6.07) is 5.70. The van der Waals surface area contributed by atoms with Crippen molar-refractivity contribution in [1.29, 1.82) is 10.8 Å². The predicted octanol–water partition coefficient (Wildman–Crippen LogP) is 5.46. The summed E-state index contributed by atoms with van der Waals surface area (Å²) in [5.41, 5.74) is -0.260. The summed E-state index contributed by atoms with van der Waals surface area (Å²) in [5.74, 6) is 4.30. The zero-order valence-corrected chi connectivity index (χ0v) is 18.2. The van der Waals surface area contributed by atoms with Crippen LogP contribution in [-0.4, -0.2) is 28.9 Å². The van der Waals surface area contributed by atoms with Crippen molar-refractivity contribution in [1.82, 2.24) is 9.55 Å². The number of aromatic nitrogens is 2. The monoisotopic (exact) mass is 475 g/mol. The fourth-order valence-electron chi connectivity index (χ4n) is 3.42. The molecule has 5 nitrogen and oxygen atoms in total. The Morgan fingerprint density at radius 2 is 1.91 bits per heavy atom. The molecule has 10 heteroatoms. The van der Waals surface area contributed by atoms with Gasteiger partial charge in [0.25, 0.3) is 6.43 Å². The fraction of sp³-hybridized carbons (Fsp3) is 0.261.